The van der Waals surface area contributed by atoms with Gasteiger partial charge in [-0.05, 0) is 28.1 Å². The average molecular weight is 212 g/mol. The molecule has 0 aliphatic carbocycles. The number of imidazole rings is 1. The summed E-state index contributed by atoms with van der Waals surface area (Å²) in [5, 5.41) is 0. The molecule has 0 atom stereocenters. The Morgan fingerprint density at radius 2 is 2.27 bits per heavy atom. The fourth-order valence-electron chi connectivity index (χ4n) is 0.972. The van der Waals surface area contributed by atoms with Crippen molar-refractivity contribution in [3.63, 3.8) is 0 Å². The second kappa shape index (κ2) is 2.23. The molecule has 0 amide bonds. The minimum atomic E-state index is 0.713. The Labute approximate surface area is 71.7 Å². The van der Waals surface area contributed by atoms with Crippen LogP contribution in [0.5, 0.6) is 0 Å². The van der Waals surface area contributed by atoms with Crippen molar-refractivity contribution in [3.05, 3.63) is 22.9 Å². The monoisotopic (exact) mass is 211 g/mol. The normalized spacial score (nSPS) is 10.6. The van der Waals surface area contributed by atoms with Crippen molar-refractivity contribution in [2.24, 2.45) is 0 Å². The fourth-order valence-corrected chi connectivity index (χ4v) is 1.32. The maximum absolute atomic E-state index is 5.64. The Morgan fingerprint density at radius 3 is 3.09 bits per heavy atom. The largest absolute Gasteiger partial charge is 0.398 e. The van der Waals surface area contributed by atoms with Crippen LogP contribution >= 0.6 is 15.9 Å². The molecule has 0 saturated carbocycles. The number of fused-ring (bicyclic) bond motifs is 1. The highest BCUT2D eigenvalue weighted by Gasteiger charge is 1.99. The lowest BCUT2D eigenvalue weighted by Crippen LogP contribution is -1.85. The van der Waals surface area contributed by atoms with Gasteiger partial charge in [0.05, 0.1) is 17.4 Å². The van der Waals surface area contributed by atoms with Crippen LogP contribution in [-0.2, 0) is 0 Å². The summed E-state index contributed by atoms with van der Waals surface area (Å²) in [5.41, 5.74) is 8.24. The molecule has 11 heavy (non-hydrogen) atoms. The molecular formula is C7H6BrN3. The van der Waals surface area contributed by atoms with Gasteiger partial charge in [-0.1, -0.05) is 0 Å². The molecule has 56 valence electrons. The number of halogens is 1. The SMILES string of the molecule is Nc1cc2nc[nH]c2cc1Br. The topological polar surface area (TPSA) is 54.7 Å². The van der Waals surface area contributed by atoms with Crippen LogP contribution in [0.2, 0.25) is 0 Å². The minimum absolute atomic E-state index is 0.713. The van der Waals surface area contributed by atoms with Crippen LogP contribution in [0.15, 0.2) is 22.9 Å². The number of H-pyrrole nitrogens is 1. The molecule has 0 saturated heterocycles. The van der Waals surface area contributed by atoms with E-state index in [9.17, 15) is 0 Å². The van der Waals surface area contributed by atoms with E-state index < -0.39 is 0 Å². The number of hydrogen-bond donors (Lipinski definition) is 2. The van der Waals surface area contributed by atoms with E-state index in [1.54, 1.807) is 6.33 Å². The zero-order valence-electron chi connectivity index (χ0n) is 5.63. The summed E-state index contributed by atoms with van der Waals surface area (Å²) in [6, 6.07) is 3.74. The summed E-state index contributed by atoms with van der Waals surface area (Å²) in [7, 11) is 0. The number of aromatic amines is 1. The molecule has 1 aromatic carbocycles. The van der Waals surface area contributed by atoms with Crippen molar-refractivity contribution >= 4 is 32.7 Å². The molecule has 0 unspecified atom stereocenters. The molecular weight excluding hydrogens is 206 g/mol. The third-order valence-corrected chi connectivity index (χ3v) is 2.23. The van der Waals surface area contributed by atoms with Crippen LogP contribution in [0.25, 0.3) is 11.0 Å². The molecule has 0 fully saturated rings. The van der Waals surface area contributed by atoms with Crippen molar-refractivity contribution in [1.82, 2.24) is 9.97 Å². The number of nitrogen functional groups attached to an aromatic ring is 1. The van der Waals surface area contributed by atoms with E-state index in [0.29, 0.717) is 5.69 Å². The smallest absolute Gasteiger partial charge is 0.0931 e. The first-order chi connectivity index (χ1) is 5.27. The first kappa shape index (κ1) is 6.67. The highest BCUT2D eigenvalue weighted by atomic mass is 79.9. The Morgan fingerprint density at radius 1 is 1.45 bits per heavy atom. The summed E-state index contributed by atoms with van der Waals surface area (Å²) in [5.74, 6) is 0. The zero-order chi connectivity index (χ0) is 7.84. The molecule has 0 aliphatic rings. The first-order valence-corrected chi connectivity index (χ1v) is 3.95. The van der Waals surface area contributed by atoms with Crippen LogP contribution < -0.4 is 5.73 Å². The Bertz CT molecular complexity index is 357. The second-order valence-electron chi connectivity index (χ2n) is 2.29. The summed E-state index contributed by atoms with van der Waals surface area (Å²) < 4.78 is 0.897. The molecule has 0 radical (unpaired) electrons. The second-order valence-corrected chi connectivity index (χ2v) is 3.15. The quantitative estimate of drug-likeness (QED) is 0.655. The van der Waals surface area contributed by atoms with E-state index >= 15 is 0 Å². The molecule has 0 bridgehead atoms. The van der Waals surface area contributed by atoms with Gasteiger partial charge in [-0.25, -0.2) is 4.98 Å². The zero-order valence-corrected chi connectivity index (χ0v) is 7.22. The maximum Gasteiger partial charge on any atom is 0.0931 e. The Kier molecular flexibility index (Phi) is 1.35. The molecule has 0 spiro atoms. The van der Waals surface area contributed by atoms with Crippen molar-refractivity contribution in [3.8, 4) is 0 Å². The van der Waals surface area contributed by atoms with E-state index in [4.69, 9.17) is 5.73 Å². The van der Waals surface area contributed by atoms with Gasteiger partial charge in [-0.3, -0.25) is 0 Å². The van der Waals surface area contributed by atoms with E-state index in [1.165, 1.54) is 0 Å². The third-order valence-electron chi connectivity index (χ3n) is 1.54. The summed E-state index contributed by atoms with van der Waals surface area (Å²) in [6.45, 7) is 0. The summed E-state index contributed by atoms with van der Waals surface area (Å²) >= 11 is 3.33. The van der Waals surface area contributed by atoms with Gasteiger partial charge in [0, 0.05) is 10.2 Å². The average Bonchev–Trinajstić information content (AvgIpc) is 2.36. The van der Waals surface area contributed by atoms with Gasteiger partial charge in [-0.2, -0.15) is 0 Å². The molecule has 4 heteroatoms. The molecule has 3 N–H and O–H groups in total. The van der Waals surface area contributed by atoms with Crippen LogP contribution in [-0.4, -0.2) is 9.97 Å². The van der Waals surface area contributed by atoms with E-state index in [2.05, 4.69) is 25.9 Å². The molecule has 1 aromatic heterocycles. The van der Waals surface area contributed by atoms with Gasteiger partial charge >= 0.3 is 0 Å². The molecule has 2 rings (SSSR count). The highest BCUT2D eigenvalue weighted by molar-refractivity contribution is 9.10. The van der Waals surface area contributed by atoms with Crippen molar-refractivity contribution in [2.45, 2.75) is 0 Å². The van der Waals surface area contributed by atoms with Gasteiger partial charge in [-0.15, -0.1) is 0 Å². The highest BCUT2D eigenvalue weighted by Crippen LogP contribution is 2.23. The van der Waals surface area contributed by atoms with Gasteiger partial charge in [0.1, 0.15) is 0 Å². The number of aromatic nitrogens is 2. The summed E-state index contributed by atoms with van der Waals surface area (Å²) in [4.78, 5) is 7.06. The number of hydrogen-bond acceptors (Lipinski definition) is 2. The Balaban J connectivity index is 2.86. The molecule has 3 nitrogen and oxygen atoms in total. The van der Waals surface area contributed by atoms with Crippen molar-refractivity contribution in [1.29, 1.82) is 0 Å². The first-order valence-electron chi connectivity index (χ1n) is 3.15. The van der Waals surface area contributed by atoms with E-state index in [-0.39, 0.29) is 0 Å². The van der Waals surface area contributed by atoms with Crippen LogP contribution in [0, 0.1) is 0 Å². The van der Waals surface area contributed by atoms with E-state index in [1.807, 2.05) is 12.1 Å². The van der Waals surface area contributed by atoms with Crippen LogP contribution in [0.3, 0.4) is 0 Å². The minimum Gasteiger partial charge on any atom is -0.398 e. The van der Waals surface area contributed by atoms with Gasteiger partial charge < -0.3 is 10.7 Å². The van der Waals surface area contributed by atoms with Crippen LogP contribution in [0.1, 0.15) is 0 Å². The summed E-state index contributed by atoms with van der Waals surface area (Å²) in [6.07, 6.45) is 1.65. The van der Waals surface area contributed by atoms with Crippen LogP contribution in [0.4, 0.5) is 5.69 Å². The number of nitrogens with two attached hydrogens (primary N) is 1. The van der Waals surface area contributed by atoms with E-state index in [0.717, 1.165) is 15.5 Å². The predicted octanol–water partition coefficient (Wildman–Crippen LogP) is 1.91. The molecule has 0 aliphatic heterocycles. The lowest BCUT2D eigenvalue weighted by atomic mass is 10.3. The van der Waals surface area contributed by atoms with Crippen molar-refractivity contribution in [2.75, 3.05) is 5.73 Å². The maximum atomic E-state index is 5.64. The predicted molar refractivity (Wildman–Crippen MR) is 48.2 cm³/mol. The number of benzene rings is 1. The van der Waals surface area contributed by atoms with Crippen molar-refractivity contribution < 1.29 is 0 Å². The molecule has 1 heterocycles. The molecule has 2 aromatic rings. The number of nitrogens with one attached hydrogen (secondary N) is 1. The standard InChI is InChI=1S/C7H6BrN3/c8-4-1-6-7(2-5(4)9)11-3-10-6/h1-3H,9H2,(H,10,11). The number of rotatable bonds is 0. The number of nitrogens with zero attached hydrogens (tertiary/aromatic N) is 1. The lowest BCUT2D eigenvalue weighted by molar-refractivity contribution is 1.34. The number of anilines is 1. The van der Waals surface area contributed by atoms with Gasteiger partial charge in [0.15, 0.2) is 0 Å². The third kappa shape index (κ3) is 0.991. The Hall–Kier alpha value is -1.03. The van der Waals surface area contributed by atoms with Gasteiger partial charge in [0.25, 0.3) is 0 Å². The van der Waals surface area contributed by atoms with Gasteiger partial charge in [0.2, 0.25) is 0 Å². The fraction of sp³-hybridized carbons (Fsp3) is 0. The lowest BCUT2D eigenvalue weighted by Gasteiger charge is -1.95.